The van der Waals surface area contributed by atoms with Crippen molar-refractivity contribution in [3.63, 3.8) is 0 Å². The highest BCUT2D eigenvalue weighted by atomic mass is 35.5. The first-order chi connectivity index (χ1) is 10.7. The van der Waals surface area contributed by atoms with Crippen molar-refractivity contribution in [1.82, 2.24) is 9.88 Å². The van der Waals surface area contributed by atoms with Crippen LogP contribution in [0.15, 0.2) is 30.5 Å². The van der Waals surface area contributed by atoms with Gasteiger partial charge in [-0.1, -0.05) is 17.7 Å². The maximum atomic E-state index is 6.28. The van der Waals surface area contributed by atoms with Gasteiger partial charge in [0.2, 0.25) is 0 Å². The number of halogens is 3. The molecule has 1 aromatic heterocycles. The predicted octanol–water partition coefficient (Wildman–Crippen LogP) is 3.67. The van der Waals surface area contributed by atoms with Gasteiger partial charge in [-0.05, 0) is 36.6 Å². The molecule has 4 nitrogen and oxygen atoms in total. The van der Waals surface area contributed by atoms with Crippen LogP contribution in [0.4, 0.5) is 0 Å². The summed E-state index contributed by atoms with van der Waals surface area (Å²) in [5, 5.41) is 1.76. The van der Waals surface area contributed by atoms with Gasteiger partial charge in [0.05, 0.1) is 11.6 Å². The van der Waals surface area contributed by atoms with Crippen molar-refractivity contribution in [3.05, 3.63) is 41.0 Å². The van der Waals surface area contributed by atoms with Gasteiger partial charge < -0.3 is 10.5 Å². The molecule has 2 heterocycles. The highest BCUT2D eigenvalue weighted by Crippen LogP contribution is 2.28. The minimum Gasteiger partial charge on any atom is -0.381 e. The molecule has 2 aromatic rings. The number of methoxy groups -OCH3 is 1. The molecular formula is C17H24Cl3N3O. The van der Waals surface area contributed by atoms with Gasteiger partial charge in [-0.2, -0.15) is 0 Å². The maximum Gasteiger partial charge on any atom is 0.0761 e. The molecule has 1 saturated heterocycles. The third kappa shape index (κ3) is 4.51. The highest BCUT2D eigenvalue weighted by Gasteiger charge is 2.27. The molecule has 3 rings (SSSR count). The third-order valence-corrected chi connectivity index (χ3v) is 4.90. The number of piperidine rings is 1. The molecule has 1 aromatic carbocycles. The van der Waals surface area contributed by atoms with Crippen molar-refractivity contribution in [3.8, 4) is 0 Å². The zero-order chi connectivity index (χ0) is 15.5. The molecule has 0 aliphatic carbocycles. The zero-order valence-corrected chi connectivity index (χ0v) is 16.0. The van der Waals surface area contributed by atoms with Crippen LogP contribution in [0.25, 0.3) is 10.9 Å². The van der Waals surface area contributed by atoms with Crippen molar-refractivity contribution < 1.29 is 4.74 Å². The minimum absolute atomic E-state index is 0. The van der Waals surface area contributed by atoms with Crippen LogP contribution < -0.4 is 5.73 Å². The van der Waals surface area contributed by atoms with Gasteiger partial charge in [0.15, 0.2) is 0 Å². The van der Waals surface area contributed by atoms with Gasteiger partial charge in [0.1, 0.15) is 0 Å². The average molecular weight is 393 g/mol. The van der Waals surface area contributed by atoms with Crippen LogP contribution in [0.1, 0.15) is 18.4 Å². The summed E-state index contributed by atoms with van der Waals surface area (Å²) in [4.78, 5) is 6.96. The molecule has 24 heavy (non-hydrogen) atoms. The fraction of sp³-hybridized carbons (Fsp3) is 0.471. The fourth-order valence-electron chi connectivity index (χ4n) is 3.27. The molecule has 134 valence electrons. The number of pyridine rings is 1. The van der Waals surface area contributed by atoms with E-state index in [4.69, 9.17) is 22.1 Å². The molecule has 0 amide bonds. The number of ether oxygens (including phenoxy) is 1. The van der Waals surface area contributed by atoms with Crippen LogP contribution in [0, 0.1) is 0 Å². The second-order valence-corrected chi connectivity index (χ2v) is 6.26. The lowest BCUT2D eigenvalue weighted by Gasteiger charge is -2.38. The number of rotatable bonds is 4. The van der Waals surface area contributed by atoms with E-state index >= 15 is 0 Å². The van der Waals surface area contributed by atoms with Crippen LogP contribution >= 0.6 is 36.4 Å². The summed E-state index contributed by atoms with van der Waals surface area (Å²) in [6.07, 6.45) is 4.18. The lowest BCUT2D eigenvalue weighted by atomic mass is 9.98. The number of benzene rings is 1. The van der Waals surface area contributed by atoms with Gasteiger partial charge in [-0.15, -0.1) is 24.8 Å². The summed E-state index contributed by atoms with van der Waals surface area (Å²) >= 11 is 6.28. The summed E-state index contributed by atoms with van der Waals surface area (Å²) in [5.41, 5.74) is 8.16. The first-order valence-electron chi connectivity index (χ1n) is 7.72. The van der Waals surface area contributed by atoms with Gasteiger partial charge in [-0.3, -0.25) is 9.88 Å². The average Bonchev–Trinajstić information content (AvgIpc) is 2.58. The topological polar surface area (TPSA) is 51.4 Å². The Morgan fingerprint density at radius 3 is 2.83 bits per heavy atom. The number of nitrogens with two attached hydrogens (primary N) is 1. The largest absolute Gasteiger partial charge is 0.381 e. The number of fused-ring (bicyclic) bond motifs is 1. The second kappa shape index (κ2) is 9.76. The molecular weight excluding hydrogens is 369 g/mol. The monoisotopic (exact) mass is 391 g/mol. The quantitative estimate of drug-likeness (QED) is 0.862. The molecule has 0 bridgehead atoms. The van der Waals surface area contributed by atoms with Crippen molar-refractivity contribution >= 4 is 47.3 Å². The lowest BCUT2D eigenvalue weighted by Crippen LogP contribution is -2.48. The van der Waals surface area contributed by atoms with E-state index in [2.05, 4.69) is 16.0 Å². The first-order valence-corrected chi connectivity index (χ1v) is 8.09. The van der Waals surface area contributed by atoms with E-state index in [-0.39, 0.29) is 24.8 Å². The number of hydrogen-bond donors (Lipinski definition) is 1. The van der Waals surface area contributed by atoms with Crippen molar-refractivity contribution in [2.75, 3.05) is 20.2 Å². The molecule has 2 atom stereocenters. The number of nitrogens with zero attached hydrogens (tertiary/aromatic N) is 2. The minimum atomic E-state index is 0. The van der Waals surface area contributed by atoms with Crippen molar-refractivity contribution in [2.45, 2.75) is 31.5 Å². The van der Waals surface area contributed by atoms with Gasteiger partial charge >= 0.3 is 0 Å². The normalized spacial score (nSPS) is 21.1. The molecule has 2 N–H and O–H groups in total. The molecule has 0 radical (unpaired) electrons. The van der Waals surface area contributed by atoms with E-state index in [1.807, 2.05) is 24.4 Å². The van der Waals surface area contributed by atoms with E-state index in [0.29, 0.717) is 18.7 Å². The number of likely N-dealkylation sites (tertiary alicyclic amines) is 1. The number of aromatic nitrogens is 1. The zero-order valence-electron chi connectivity index (χ0n) is 13.7. The molecule has 1 aliphatic heterocycles. The van der Waals surface area contributed by atoms with Crippen LogP contribution in [-0.2, 0) is 11.3 Å². The molecule has 2 unspecified atom stereocenters. The van der Waals surface area contributed by atoms with Crippen LogP contribution in [0.5, 0.6) is 0 Å². The molecule has 7 heteroatoms. The third-order valence-electron chi connectivity index (χ3n) is 4.57. The summed E-state index contributed by atoms with van der Waals surface area (Å²) in [7, 11) is 1.78. The fourth-order valence-corrected chi connectivity index (χ4v) is 3.49. The number of hydrogen-bond acceptors (Lipinski definition) is 4. The van der Waals surface area contributed by atoms with E-state index < -0.39 is 0 Å². The van der Waals surface area contributed by atoms with Crippen molar-refractivity contribution in [2.24, 2.45) is 5.73 Å². The highest BCUT2D eigenvalue weighted by molar-refractivity contribution is 6.35. The van der Waals surface area contributed by atoms with E-state index in [0.717, 1.165) is 41.9 Å². The van der Waals surface area contributed by atoms with Crippen molar-refractivity contribution in [1.29, 1.82) is 0 Å². The standard InChI is InChI=1S/C17H22ClN3O.2ClH/c1-22-14-6-8-21(13(9-14)10-19)11-12-4-5-16(18)15-3-2-7-20-17(12)15;;/h2-5,7,13-14H,6,8-11,19H2,1H3;2*1H. The smallest absolute Gasteiger partial charge is 0.0761 e. The van der Waals surface area contributed by atoms with Gasteiger partial charge in [0, 0.05) is 49.4 Å². The molecule has 0 spiro atoms. The van der Waals surface area contributed by atoms with E-state index in [9.17, 15) is 0 Å². The second-order valence-electron chi connectivity index (χ2n) is 5.85. The molecule has 1 aliphatic rings. The van der Waals surface area contributed by atoms with Gasteiger partial charge in [0.25, 0.3) is 0 Å². The SMILES string of the molecule is COC1CCN(Cc2ccc(Cl)c3cccnc23)C(CN)C1.Cl.Cl. The summed E-state index contributed by atoms with van der Waals surface area (Å²) in [6, 6.07) is 8.33. The Morgan fingerprint density at radius 2 is 2.12 bits per heavy atom. The molecule has 1 fully saturated rings. The Balaban J connectivity index is 0.00000144. The Morgan fingerprint density at radius 1 is 1.33 bits per heavy atom. The van der Waals surface area contributed by atoms with E-state index in [1.165, 1.54) is 5.56 Å². The Hall–Kier alpha value is -0.620. The summed E-state index contributed by atoms with van der Waals surface area (Å²) in [6.45, 7) is 2.50. The van der Waals surface area contributed by atoms with Crippen LogP contribution in [0.3, 0.4) is 0 Å². The Labute approximate surface area is 160 Å². The van der Waals surface area contributed by atoms with Gasteiger partial charge in [-0.25, -0.2) is 0 Å². The lowest BCUT2D eigenvalue weighted by molar-refractivity contribution is 0.0103. The molecule has 0 saturated carbocycles. The van der Waals surface area contributed by atoms with Crippen LogP contribution in [-0.4, -0.2) is 42.2 Å². The predicted molar refractivity (Wildman–Crippen MR) is 105 cm³/mol. The summed E-state index contributed by atoms with van der Waals surface area (Å²) < 4.78 is 5.50. The Kier molecular flexibility index (Phi) is 8.71. The maximum absolute atomic E-state index is 6.28. The van der Waals surface area contributed by atoms with E-state index in [1.54, 1.807) is 7.11 Å². The van der Waals surface area contributed by atoms with Crippen LogP contribution in [0.2, 0.25) is 5.02 Å². The first kappa shape index (κ1) is 21.4. The summed E-state index contributed by atoms with van der Waals surface area (Å²) in [5.74, 6) is 0. The Bertz CT molecular complexity index is 656.